The molecule has 6 nitrogen and oxygen atoms in total. The van der Waals surface area contributed by atoms with Gasteiger partial charge in [-0.3, -0.25) is 9.78 Å². The van der Waals surface area contributed by atoms with E-state index in [1.54, 1.807) is 24.6 Å². The second kappa shape index (κ2) is 10.4. The lowest BCUT2D eigenvalue weighted by molar-refractivity contribution is -0.192. The number of carbonyl (C=O) groups is 2. The zero-order valence-corrected chi connectivity index (χ0v) is 16.4. The fourth-order valence-corrected chi connectivity index (χ4v) is 3.77. The number of hydrogen-bond donors (Lipinski definition) is 1. The Hall–Kier alpha value is -2.46. The van der Waals surface area contributed by atoms with Crippen molar-refractivity contribution in [3.8, 4) is 0 Å². The molecule has 1 aliphatic heterocycles. The van der Waals surface area contributed by atoms with E-state index in [1.165, 1.54) is 0 Å². The average molecular weight is 430 g/mol. The van der Waals surface area contributed by atoms with Crippen LogP contribution in [0, 0.1) is 0 Å². The number of thiophene rings is 1. The molecule has 158 valence electrons. The number of halogens is 3. The number of aliphatic carboxylic acids is 1. The van der Waals surface area contributed by atoms with Crippen molar-refractivity contribution < 1.29 is 32.6 Å². The highest BCUT2D eigenvalue weighted by atomic mass is 32.1. The molecular formula is C19H21F3N2O4S. The van der Waals surface area contributed by atoms with Gasteiger partial charge in [0.1, 0.15) is 0 Å². The molecule has 1 fully saturated rings. The summed E-state index contributed by atoms with van der Waals surface area (Å²) in [5.41, 5.74) is 1.14. The molecule has 0 aliphatic carbocycles. The van der Waals surface area contributed by atoms with Crippen LogP contribution >= 0.6 is 11.3 Å². The Kier molecular flexibility index (Phi) is 8.15. The monoisotopic (exact) mass is 430 g/mol. The smallest absolute Gasteiger partial charge is 0.475 e. The van der Waals surface area contributed by atoms with Crippen molar-refractivity contribution in [2.75, 3.05) is 13.7 Å². The largest absolute Gasteiger partial charge is 0.490 e. The number of aromatic nitrogens is 1. The number of methoxy groups -OCH3 is 1. The van der Waals surface area contributed by atoms with Crippen LogP contribution in [-0.2, 0) is 27.2 Å². The fourth-order valence-electron chi connectivity index (χ4n) is 3.08. The molecular weight excluding hydrogens is 409 g/mol. The number of nitrogens with zero attached hydrogens (tertiary/aromatic N) is 2. The molecule has 10 heteroatoms. The molecule has 2 aromatic rings. The Labute approximate surface area is 169 Å². The van der Waals surface area contributed by atoms with Crippen LogP contribution in [-0.4, -0.2) is 58.8 Å². The summed E-state index contributed by atoms with van der Waals surface area (Å²) in [5.74, 6) is -2.57. The number of amides is 1. The summed E-state index contributed by atoms with van der Waals surface area (Å²) < 4.78 is 37.3. The van der Waals surface area contributed by atoms with Crippen molar-refractivity contribution in [1.82, 2.24) is 9.88 Å². The summed E-state index contributed by atoms with van der Waals surface area (Å²) in [7, 11) is 1.73. The molecule has 1 aliphatic rings. The third kappa shape index (κ3) is 6.82. The van der Waals surface area contributed by atoms with E-state index in [-0.39, 0.29) is 18.1 Å². The van der Waals surface area contributed by atoms with E-state index in [1.807, 2.05) is 34.7 Å². The number of carbonyl (C=O) groups excluding carboxylic acids is 1. The SMILES string of the molecule is CO[C@H]1CCN(C(=O)Cc2cccs2)[C@H]1Cc1cccnc1.O=C(O)C(F)(F)F. The highest BCUT2D eigenvalue weighted by Crippen LogP contribution is 2.25. The number of carboxylic acids is 1. The van der Waals surface area contributed by atoms with E-state index in [0.717, 1.165) is 29.8 Å². The van der Waals surface area contributed by atoms with E-state index in [2.05, 4.69) is 11.1 Å². The number of rotatable bonds is 5. The zero-order valence-electron chi connectivity index (χ0n) is 15.6. The van der Waals surface area contributed by atoms with Crippen LogP contribution in [0.5, 0.6) is 0 Å². The van der Waals surface area contributed by atoms with Gasteiger partial charge in [-0.05, 0) is 35.9 Å². The summed E-state index contributed by atoms with van der Waals surface area (Å²) >= 11 is 1.63. The van der Waals surface area contributed by atoms with Gasteiger partial charge in [0.25, 0.3) is 0 Å². The van der Waals surface area contributed by atoms with Gasteiger partial charge < -0.3 is 14.7 Å². The van der Waals surface area contributed by atoms with Crippen LogP contribution < -0.4 is 0 Å². The van der Waals surface area contributed by atoms with Crippen LogP contribution in [0.4, 0.5) is 13.2 Å². The normalized spacial score (nSPS) is 18.8. The van der Waals surface area contributed by atoms with Gasteiger partial charge in [-0.2, -0.15) is 13.2 Å². The molecule has 0 bridgehead atoms. The predicted octanol–water partition coefficient (Wildman–Crippen LogP) is 3.18. The van der Waals surface area contributed by atoms with E-state index in [0.29, 0.717) is 6.42 Å². The van der Waals surface area contributed by atoms with Crippen molar-refractivity contribution >= 4 is 23.2 Å². The highest BCUT2D eigenvalue weighted by Gasteiger charge is 2.38. The van der Waals surface area contributed by atoms with Crippen LogP contribution in [0.15, 0.2) is 42.0 Å². The third-order valence-corrected chi connectivity index (χ3v) is 5.30. The second-order valence-electron chi connectivity index (χ2n) is 6.34. The molecule has 1 amide bonds. The van der Waals surface area contributed by atoms with Crippen molar-refractivity contribution in [1.29, 1.82) is 0 Å². The first-order valence-corrected chi connectivity index (χ1v) is 9.64. The molecule has 0 aromatic carbocycles. The van der Waals surface area contributed by atoms with Gasteiger partial charge in [-0.25, -0.2) is 4.79 Å². The molecule has 0 unspecified atom stereocenters. The first-order chi connectivity index (χ1) is 13.7. The van der Waals surface area contributed by atoms with Crippen molar-refractivity contribution in [2.24, 2.45) is 0 Å². The Morgan fingerprint density at radius 3 is 2.59 bits per heavy atom. The van der Waals surface area contributed by atoms with Crippen LogP contribution in [0.3, 0.4) is 0 Å². The number of ether oxygens (including phenoxy) is 1. The summed E-state index contributed by atoms with van der Waals surface area (Å²) in [6, 6.07) is 8.09. The summed E-state index contributed by atoms with van der Waals surface area (Å²) in [5, 5.41) is 9.14. The van der Waals surface area contributed by atoms with Gasteiger partial charge >= 0.3 is 12.1 Å². The Morgan fingerprint density at radius 1 is 1.34 bits per heavy atom. The minimum Gasteiger partial charge on any atom is -0.475 e. The Morgan fingerprint density at radius 2 is 2.07 bits per heavy atom. The van der Waals surface area contributed by atoms with Crippen LogP contribution in [0.2, 0.25) is 0 Å². The minimum absolute atomic E-state index is 0.0988. The Bertz CT molecular complexity index is 785. The van der Waals surface area contributed by atoms with Crippen LogP contribution in [0.25, 0.3) is 0 Å². The predicted molar refractivity (Wildman–Crippen MR) is 101 cm³/mol. The van der Waals surface area contributed by atoms with E-state index >= 15 is 0 Å². The Balaban J connectivity index is 0.000000370. The maximum atomic E-state index is 12.6. The molecule has 0 saturated carbocycles. The standard InChI is InChI=1S/C17H20N2O2S.C2HF3O2/c1-21-16-6-8-19(17(20)11-14-5-3-9-22-14)15(16)10-13-4-2-7-18-12-13;3-2(4,5)1(6)7/h2-5,7,9,12,15-16H,6,8,10-11H2,1H3;(H,6,7)/t15-,16-;/m0./s1. The molecule has 1 N–H and O–H groups in total. The maximum Gasteiger partial charge on any atom is 0.490 e. The van der Waals surface area contributed by atoms with Crippen molar-refractivity contribution in [3.63, 3.8) is 0 Å². The quantitative estimate of drug-likeness (QED) is 0.788. The fraction of sp³-hybridized carbons (Fsp3) is 0.421. The van der Waals surface area contributed by atoms with Crippen LogP contribution in [0.1, 0.15) is 16.9 Å². The molecule has 29 heavy (non-hydrogen) atoms. The topological polar surface area (TPSA) is 79.7 Å². The maximum absolute atomic E-state index is 12.6. The minimum atomic E-state index is -5.08. The number of hydrogen-bond acceptors (Lipinski definition) is 5. The van der Waals surface area contributed by atoms with Gasteiger partial charge in [0.05, 0.1) is 18.6 Å². The van der Waals surface area contributed by atoms with Gasteiger partial charge in [-0.1, -0.05) is 12.1 Å². The number of carboxylic acid groups (broad SMARTS) is 1. The van der Waals surface area contributed by atoms with Gasteiger partial charge in [0.2, 0.25) is 5.91 Å². The van der Waals surface area contributed by atoms with Crippen molar-refractivity contribution in [3.05, 3.63) is 52.5 Å². The van der Waals surface area contributed by atoms with E-state index < -0.39 is 12.1 Å². The summed E-state index contributed by atoms with van der Waals surface area (Å²) in [4.78, 5) is 28.8. The molecule has 0 spiro atoms. The lowest BCUT2D eigenvalue weighted by atomic mass is 10.0. The van der Waals surface area contributed by atoms with E-state index in [9.17, 15) is 18.0 Å². The van der Waals surface area contributed by atoms with Gasteiger partial charge in [-0.15, -0.1) is 11.3 Å². The third-order valence-electron chi connectivity index (χ3n) is 4.42. The lowest BCUT2D eigenvalue weighted by Gasteiger charge is -2.27. The highest BCUT2D eigenvalue weighted by molar-refractivity contribution is 7.10. The molecule has 2 atom stereocenters. The number of alkyl halides is 3. The second-order valence-corrected chi connectivity index (χ2v) is 7.37. The first kappa shape index (κ1) is 22.8. The molecule has 1 saturated heterocycles. The van der Waals surface area contributed by atoms with Gasteiger partial charge in [0.15, 0.2) is 0 Å². The average Bonchev–Trinajstić information content (AvgIpc) is 3.32. The molecule has 3 heterocycles. The summed E-state index contributed by atoms with van der Waals surface area (Å²) in [6.07, 6.45) is 0.837. The summed E-state index contributed by atoms with van der Waals surface area (Å²) in [6.45, 7) is 0.771. The molecule has 2 aromatic heterocycles. The van der Waals surface area contributed by atoms with Crippen molar-refractivity contribution in [2.45, 2.75) is 37.6 Å². The number of likely N-dealkylation sites (tertiary alicyclic amines) is 1. The number of pyridine rings is 1. The zero-order chi connectivity index (χ0) is 21.4. The molecule has 0 radical (unpaired) electrons. The lowest BCUT2D eigenvalue weighted by Crippen LogP contribution is -2.42. The molecule has 3 rings (SSSR count). The van der Waals surface area contributed by atoms with Gasteiger partial charge in [0, 0.05) is 30.9 Å². The van der Waals surface area contributed by atoms with E-state index in [4.69, 9.17) is 14.6 Å². The first-order valence-electron chi connectivity index (χ1n) is 8.76.